The third-order valence-corrected chi connectivity index (χ3v) is 4.13. The van der Waals surface area contributed by atoms with Crippen molar-refractivity contribution in [1.82, 2.24) is 0 Å². The molecule has 2 unspecified atom stereocenters. The Morgan fingerprint density at radius 2 is 2.07 bits per heavy atom. The summed E-state index contributed by atoms with van der Waals surface area (Å²) in [4.78, 5) is 2.66. The molecule has 3 rings (SSSR count). The number of hydrogen-bond donors (Lipinski definition) is 0. The predicted molar refractivity (Wildman–Crippen MR) is 64.3 cm³/mol. The number of anilines is 1. The lowest BCUT2D eigenvalue weighted by molar-refractivity contribution is 0.321. The summed E-state index contributed by atoms with van der Waals surface area (Å²) in [6.45, 7) is 3.69. The maximum Gasteiger partial charge on any atom is 0.0401 e. The van der Waals surface area contributed by atoms with Crippen molar-refractivity contribution in [3.8, 4) is 0 Å². The van der Waals surface area contributed by atoms with Crippen molar-refractivity contribution >= 4 is 5.69 Å². The molecule has 0 aromatic heterocycles. The second-order valence-electron chi connectivity index (χ2n) is 5.05. The first-order chi connectivity index (χ1) is 7.36. The molecule has 2 atom stereocenters. The molecule has 1 nitrogen and oxygen atoms in total. The van der Waals surface area contributed by atoms with Crippen molar-refractivity contribution in [3.63, 3.8) is 0 Å². The first kappa shape index (κ1) is 9.26. The van der Waals surface area contributed by atoms with Crippen LogP contribution in [0.15, 0.2) is 24.3 Å². The van der Waals surface area contributed by atoms with E-state index in [1.807, 2.05) is 0 Å². The molecular formula is C14H19N. The van der Waals surface area contributed by atoms with Gasteiger partial charge in [-0.05, 0) is 43.2 Å². The van der Waals surface area contributed by atoms with Gasteiger partial charge >= 0.3 is 0 Å². The summed E-state index contributed by atoms with van der Waals surface area (Å²) in [5.74, 6) is 0.882. The van der Waals surface area contributed by atoms with Crippen molar-refractivity contribution in [2.45, 2.75) is 38.6 Å². The van der Waals surface area contributed by atoms with Crippen LogP contribution in [-0.4, -0.2) is 12.6 Å². The molecule has 0 radical (unpaired) electrons. The fraction of sp³-hybridized carbons (Fsp3) is 0.571. The molecule has 0 N–H and O–H groups in total. The van der Waals surface area contributed by atoms with Gasteiger partial charge in [0.2, 0.25) is 0 Å². The van der Waals surface area contributed by atoms with Crippen LogP contribution in [0.2, 0.25) is 0 Å². The van der Waals surface area contributed by atoms with Crippen molar-refractivity contribution in [2.24, 2.45) is 5.92 Å². The SMILES string of the molecule is CC1CCCN2c3ccccc3CCC12. The van der Waals surface area contributed by atoms with E-state index in [-0.39, 0.29) is 0 Å². The number of hydrogen-bond acceptors (Lipinski definition) is 1. The van der Waals surface area contributed by atoms with E-state index in [1.165, 1.54) is 37.9 Å². The Balaban J connectivity index is 1.99. The lowest BCUT2D eigenvalue weighted by atomic mass is 9.83. The zero-order chi connectivity index (χ0) is 10.3. The Morgan fingerprint density at radius 3 is 3.00 bits per heavy atom. The smallest absolute Gasteiger partial charge is 0.0401 e. The third-order valence-electron chi connectivity index (χ3n) is 4.13. The van der Waals surface area contributed by atoms with Crippen LogP contribution in [-0.2, 0) is 6.42 Å². The van der Waals surface area contributed by atoms with Gasteiger partial charge in [-0.15, -0.1) is 0 Å². The van der Waals surface area contributed by atoms with Crippen molar-refractivity contribution in [2.75, 3.05) is 11.4 Å². The highest BCUT2D eigenvalue weighted by molar-refractivity contribution is 5.56. The highest BCUT2D eigenvalue weighted by atomic mass is 15.2. The van der Waals surface area contributed by atoms with Crippen LogP contribution in [0.25, 0.3) is 0 Å². The zero-order valence-corrected chi connectivity index (χ0v) is 9.45. The highest BCUT2D eigenvalue weighted by Crippen LogP contribution is 2.37. The molecule has 1 saturated heterocycles. The molecule has 0 aliphatic carbocycles. The molecule has 1 fully saturated rings. The topological polar surface area (TPSA) is 3.24 Å². The molecule has 0 saturated carbocycles. The van der Waals surface area contributed by atoms with Crippen molar-refractivity contribution in [1.29, 1.82) is 0 Å². The Bertz CT molecular complexity index is 358. The third kappa shape index (κ3) is 1.45. The van der Waals surface area contributed by atoms with Crippen LogP contribution in [0.4, 0.5) is 5.69 Å². The minimum absolute atomic E-state index is 0.814. The van der Waals surface area contributed by atoms with Crippen LogP contribution < -0.4 is 4.90 Å². The summed E-state index contributed by atoms with van der Waals surface area (Å²) < 4.78 is 0. The Kier molecular flexibility index (Phi) is 2.19. The molecule has 1 aromatic carbocycles. The maximum atomic E-state index is 2.66. The second-order valence-corrected chi connectivity index (χ2v) is 5.05. The second kappa shape index (κ2) is 3.55. The number of aryl methyl sites for hydroxylation is 1. The molecule has 80 valence electrons. The van der Waals surface area contributed by atoms with Gasteiger partial charge in [0.25, 0.3) is 0 Å². The van der Waals surface area contributed by atoms with Crippen LogP contribution in [0.3, 0.4) is 0 Å². The van der Waals surface area contributed by atoms with Crippen molar-refractivity contribution < 1.29 is 0 Å². The standard InChI is InChI=1S/C14H19N/c1-11-5-4-10-15-13(11)9-8-12-6-2-3-7-14(12)15/h2-3,6-7,11,13H,4-5,8-10H2,1H3. The van der Waals surface area contributed by atoms with E-state index in [2.05, 4.69) is 36.1 Å². The minimum atomic E-state index is 0.814. The summed E-state index contributed by atoms with van der Waals surface area (Å²) in [5.41, 5.74) is 3.07. The molecule has 2 heterocycles. The van der Waals surface area contributed by atoms with E-state index in [4.69, 9.17) is 0 Å². The van der Waals surface area contributed by atoms with Gasteiger partial charge in [0.15, 0.2) is 0 Å². The highest BCUT2D eigenvalue weighted by Gasteiger charge is 2.32. The summed E-state index contributed by atoms with van der Waals surface area (Å²) >= 11 is 0. The predicted octanol–water partition coefficient (Wildman–Crippen LogP) is 3.24. The minimum Gasteiger partial charge on any atom is -0.368 e. The molecule has 1 aromatic rings. The van der Waals surface area contributed by atoms with E-state index in [9.17, 15) is 0 Å². The fourth-order valence-electron chi connectivity index (χ4n) is 3.29. The summed E-state index contributed by atoms with van der Waals surface area (Å²) in [7, 11) is 0. The van der Waals surface area contributed by atoms with Gasteiger partial charge in [-0.2, -0.15) is 0 Å². The summed E-state index contributed by atoms with van der Waals surface area (Å²) in [6, 6.07) is 9.77. The van der Waals surface area contributed by atoms with Gasteiger partial charge in [-0.1, -0.05) is 25.1 Å². The molecular weight excluding hydrogens is 182 g/mol. The first-order valence-corrected chi connectivity index (χ1v) is 6.21. The average Bonchev–Trinajstić information content (AvgIpc) is 2.29. The maximum absolute atomic E-state index is 2.66. The van der Waals surface area contributed by atoms with E-state index in [0.29, 0.717) is 0 Å². The van der Waals surface area contributed by atoms with Gasteiger partial charge in [0, 0.05) is 18.3 Å². The molecule has 2 aliphatic heterocycles. The van der Waals surface area contributed by atoms with Gasteiger partial charge in [0.05, 0.1) is 0 Å². The number of fused-ring (bicyclic) bond motifs is 3. The fourth-order valence-corrected chi connectivity index (χ4v) is 3.29. The number of nitrogens with zero attached hydrogens (tertiary/aromatic N) is 1. The van der Waals surface area contributed by atoms with Gasteiger partial charge in [-0.25, -0.2) is 0 Å². The first-order valence-electron chi connectivity index (χ1n) is 6.21. The number of benzene rings is 1. The van der Waals surface area contributed by atoms with E-state index in [0.717, 1.165) is 12.0 Å². The number of para-hydroxylation sites is 1. The number of piperidine rings is 1. The lowest BCUT2D eigenvalue weighted by Crippen LogP contribution is -2.47. The van der Waals surface area contributed by atoms with E-state index >= 15 is 0 Å². The molecule has 15 heavy (non-hydrogen) atoms. The Morgan fingerprint density at radius 1 is 1.20 bits per heavy atom. The Hall–Kier alpha value is -0.980. The van der Waals surface area contributed by atoms with E-state index < -0.39 is 0 Å². The van der Waals surface area contributed by atoms with Crippen LogP contribution in [0, 0.1) is 5.92 Å². The zero-order valence-electron chi connectivity index (χ0n) is 9.45. The largest absolute Gasteiger partial charge is 0.368 e. The van der Waals surface area contributed by atoms with Crippen LogP contribution in [0.1, 0.15) is 31.7 Å². The lowest BCUT2D eigenvalue weighted by Gasteiger charge is -2.45. The monoisotopic (exact) mass is 201 g/mol. The summed E-state index contributed by atoms with van der Waals surface area (Å²) in [6.07, 6.45) is 5.43. The average molecular weight is 201 g/mol. The van der Waals surface area contributed by atoms with E-state index in [1.54, 1.807) is 5.56 Å². The molecule has 0 amide bonds. The molecule has 0 bridgehead atoms. The molecule has 2 aliphatic rings. The quantitative estimate of drug-likeness (QED) is 0.623. The molecule has 1 heteroatoms. The van der Waals surface area contributed by atoms with Gasteiger partial charge < -0.3 is 4.90 Å². The Labute approximate surface area is 92.1 Å². The summed E-state index contributed by atoms with van der Waals surface area (Å²) in [5, 5.41) is 0. The van der Waals surface area contributed by atoms with Crippen molar-refractivity contribution in [3.05, 3.63) is 29.8 Å². The number of rotatable bonds is 0. The normalized spacial score (nSPS) is 29.5. The molecule has 0 spiro atoms. The van der Waals surface area contributed by atoms with Gasteiger partial charge in [-0.3, -0.25) is 0 Å². The van der Waals surface area contributed by atoms with Crippen LogP contribution >= 0.6 is 0 Å². The van der Waals surface area contributed by atoms with Gasteiger partial charge in [0.1, 0.15) is 0 Å². The van der Waals surface area contributed by atoms with Crippen LogP contribution in [0.5, 0.6) is 0 Å².